The van der Waals surface area contributed by atoms with E-state index in [1.54, 1.807) is 5.38 Å². The molecular formula is C21H15F3N4O3S. The van der Waals surface area contributed by atoms with Gasteiger partial charge in [-0.25, -0.2) is 9.78 Å². The zero-order chi connectivity index (χ0) is 22.6. The lowest BCUT2D eigenvalue weighted by Crippen LogP contribution is -2.06. The third-order valence-electron chi connectivity index (χ3n) is 4.27. The summed E-state index contributed by atoms with van der Waals surface area (Å²) in [6, 6.07) is 14.1. The van der Waals surface area contributed by atoms with Crippen molar-refractivity contribution >= 4 is 22.4 Å². The molecule has 7 nitrogen and oxygen atoms in total. The molecule has 0 saturated carbocycles. The first-order chi connectivity index (χ1) is 15.4. The molecule has 1 N–H and O–H groups in total. The molecule has 4 aromatic rings. The van der Waals surface area contributed by atoms with Crippen LogP contribution in [0.5, 0.6) is 0 Å². The van der Waals surface area contributed by atoms with Crippen molar-refractivity contribution in [2.24, 2.45) is 0 Å². The van der Waals surface area contributed by atoms with Crippen LogP contribution in [0.3, 0.4) is 0 Å². The van der Waals surface area contributed by atoms with Gasteiger partial charge in [-0.15, -0.1) is 11.3 Å². The number of carbonyl (C=O) groups excluding carboxylic acids is 1. The zero-order valence-corrected chi connectivity index (χ0v) is 17.1. The summed E-state index contributed by atoms with van der Waals surface area (Å²) in [5.41, 5.74) is 0.771. The molecule has 0 spiro atoms. The predicted molar refractivity (Wildman–Crippen MR) is 110 cm³/mol. The van der Waals surface area contributed by atoms with Crippen molar-refractivity contribution in [2.45, 2.75) is 19.3 Å². The Morgan fingerprint density at radius 1 is 1.06 bits per heavy atom. The summed E-state index contributed by atoms with van der Waals surface area (Å²) in [5, 5.41) is 8.98. The summed E-state index contributed by atoms with van der Waals surface area (Å²) in [7, 11) is 0. The monoisotopic (exact) mass is 460 g/mol. The molecule has 0 unspecified atom stereocenters. The molecule has 2 heterocycles. The number of nitrogens with zero attached hydrogens (tertiary/aromatic N) is 3. The highest BCUT2D eigenvalue weighted by Crippen LogP contribution is 2.30. The first-order valence-corrected chi connectivity index (χ1v) is 10.2. The number of anilines is 1. The second-order valence-corrected chi connectivity index (χ2v) is 7.40. The van der Waals surface area contributed by atoms with E-state index in [2.05, 4.69) is 20.4 Å². The number of hydrogen-bond acceptors (Lipinski definition) is 8. The van der Waals surface area contributed by atoms with E-state index >= 15 is 0 Å². The zero-order valence-electron chi connectivity index (χ0n) is 16.3. The summed E-state index contributed by atoms with van der Waals surface area (Å²) in [4.78, 5) is 20.4. The van der Waals surface area contributed by atoms with Gasteiger partial charge in [0.15, 0.2) is 17.4 Å². The highest BCUT2D eigenvalue weighted by atomic mass is 32.1. The van der Waals surface area contributed by atoms with Crippen molar-refractivity contribution in [1.29, 1.82) is 0 Å². The first kappa shape index (κ1) is 21.5. The third-order valence-corrected chi connectivity index (χ3v) is 5.07. The Balaban J connectivity index is 1.31. The lowest BCUT2D eigenvalue weighted by Gasteiger charge is -2.05. The van der Waals surface area contributed by atoms with Gasteiger partial charge >= 0.3 is 12.1 Å². The predicted octanol–water partition coefficient (Wildman–Crippen LogP) is 5.18. The van der Waals surface area contributed by atoms with Crippen LogP contribution in [0.1, 0.15) is 27.5 Å². The molecule has 0 aliphatic heterocycles. The Morgan fingerprint density at radius 2 is 1.81 bits per heavy atom. The van der Waals surface area contributed by atoms with E-state index < -0.39 is 17.7 Å². The molecule has 11 heteroatoms. The van der Waals surface area contributed by atoms with Gasteiger partial charge < -0.3 is 14.6 Å². The number of esters is 1. The molecule has 164 valence electrons. The number of halogens is 3. The van der Waals surface area contributed by atoms with Gasteiger partial charge in [-0.2, -0.15) is 18.2 Å². The van der Waals surface area contributed by atoms with Crippen molar-refractivity contribution < 1.29 is 27.2 Å². The average molecular weight is 460 g/mol. The summed E-state index contributed by atoms with van der Waals surface area (Å²) in [5.74, 6) is -0.569. The minimum atomic E-state index is -4.43. The van der Waals surface area contributed by atoms with Gasteiger partial charge in [-0.05, 0) is 17.7 Å². The largest absolute Gasteiger partial charge is 0.451 e. The SMILES string of the molecule is O=C(OCc1nc(-c2ccc(C(F)(F)F)cc2)no1)c1csc(NCc2ccccc2)n1. The number of carbonyl (C=O) groups is 1. The van der Waals surface area contributed by atoms with Crippen LogP contribution in [0.4, 0.5) is 18.3 Å². The van der Waals surface area contributed by atoms with E-state index in [0.29, 0.717) is 17.2 Å². The molecular weight excluding hydrogens is 445 g/mol. The highest BCUT2D eigenvalue weighted by molar-refractivity contribution is 7.13. The van der Waals surface area contributed by atoms with E-state index in [9.17, 15) is 18.0 Å². The smallest absolute Gasteiger partial charge is 0.416 e. The van der Waals surface area contributed by atoms with Gasteiger partial charge in [0.1, 0.15) is 0 Å². The number of aromatic nitrogens is 3. The maximum atomic E-state index is 12.7. The van der Waals surface area contributed by atoms with E-state index in [-0.39, 0.29) is 24.0 Å². The molecule has 0 radical (unpaired) electrons. The van der Waals surface area contributed by atoms with Crippen LogP contribution < -0.4 is 5.32 Å². The number of ether oxygens (including phenoxy) is 1. The van der Waals surface area contributed by atoms with Crippen LogP contribution in [0, 0.1) is 0 Å². The molecule has 4 rings (SSSR count). The van der Waals surface area contributed by atoms with Crippen molar-refractivity contribution in [1.82, 2.24) is 15.1 Å². The number of nitrogens with one attached hydrogen (secondary N) is 1. The molecule has 0 amide bonds. The first-order valence-electron chi connectivity index (χ1n) is 9.29. The van der Waals surface area contributed by atoms with Gasteiger partial charge in [0, 0.05) is 17.5 Å². The molecule has 0 aliphatic rings. The number of alkyl halides is 3. The van der Waals surface area contributed by atoms with Crippen LogP contribution in [-0.2, 0) is 24.1 Å². The van der Waals surface area contributed by atoms with E-state index in [0.717, 1.165) is 17.7 Å². The number of rotatable bonds is 7. The Bertz CT molecular complexity index is 1190. The van der Waals surface area contributed by atoms with Crippen molar-refractivity contribution in [2.75, 3.05) is 5.32 Å². The topological polar surface area (TPSA) is 90.1 Å². The van der Waals surface area contributed by atoms with Gasteiger partial charge in [-0.3, -0.25) is 0 Å². The normalized spacial score (nSPS) is 11.3. The molecule has 0 fully saturated rings. The fourth-order valence-corrected chi connectivity index (χ4v) is 3.34. The molecule has 32 heavy (non-hydrogen) atoms. The summed E-state index contributed by atoms with van der Waals surface area (Å²) in [6.45, 7) is 0.272. The highest BCUT2D eigenvalue weighted by Gasteiger charge is 2.30. The van der Waals surface area contributed by atoms with E-state index in [4.69, 9.17) is 9.26 Å². The van der Waals surface area contributed by atoms with E-state index in [1.807, 2.05) is 30.3 Å². The molecule has 2 aromatic heterocycles. The van der Waals surface area contributed by atoms with Crippen LogP contribution in [0.15, 0.2) is 64.5 Å². The Morgan fingerprint density at radius 3 is 2.53 bits per heavy atom. The quantitative estimate of drug-likeness (QED) is 0.380. The lowest BCUT2D eigenvalue weighted by molar-refractivity contribution is -0.137. The number of hydrogen-bond donors (Lipinski definition) is 1. The van der Waals surface area contributed by atoms with Gasteiger partial charge in [-0.1, -0.05) is 47.6 Å². The molecule has 0 aliphatic carbocycles. The van der Waals surface area contributed by atoms with Crippen LogP contribution >= 0.6 is 11.3 Å². The summed E-state index contributed by atoms with van der Waals surface area (Å²) < 4.78 is 48.1. The summed E-state index contributed by atoms with van der Waals surface area (Å²) >= 11 is 1.27. The van der Waals surface area contributed by atoms with E-state index in [1.165, 1.54) is 23.5 Å². The van der Waals surface area contributed by atoms with Gasteiger partial charge in [0.2, 0.25) is 5.82 Å². The van der Waals surface area contributed by atoms with Crippen molar-refractivity contribution in [3.05, 3.63) is 82.7 Å². The fourth-order valence-electron chi connectivity index (χ4n) is 2.66. The van der Waals surface area contributed by atoms with Crippen LogP contribution in [0.2, 0.25) is 0 Å². The minimum Gasteiger partial charge on any atom is -0.451 e. The number of benzene rings is 2. The minimum absolute atomic E-state index is 0.00547. The Kier molecular flexibility index (Phi) is 6.17. The van der Waals surface area contributed by atoms with Crippen molar-refractivity contribution in [3.8, 4) is 11.4 Å². The molecule has 2 aromatic carbocycles. The molecule has 0 saturated heterocycles. The van der Waals surface area contributed by atoms with Crippen molar-refractivity contribution in [3.63, 3.8) is 0 Å². The van der Waals surface area contributed by atoms with Crippen LogP contribution in [-0.4, -0.2) is 21.1 Å². The Labute approximate surface area is 183 Å². The summed E-state index contributed by atoms with van der Waals surface area (Å²) in [6.07, 6.45) is -4.43. The second kappa shape index (κ2) is 9.18. The maximum Gasteiger partial charge on any atom is 0.416 e. The maximum absolute atomic E-state index is 12.7. The molecule has 0 atom stereocenters. The average Bonchev–Trinajstić information content (AvgIpc) is 3.46. The molecule has 0 bridgehead atoms. The second-order valence-electron chi connectivity index (χ2n) is 6.54. The van der Waals surface area contributed by atoms with Crippen LogP contribution in [0.25, 0.3) is 11.4 Å². The standard InChI is InChI=1S/C21H15F3N4O3S/c22-21(23,24)15-8-6-14(7-9-15)18-27-17(31-28-18)11-30-19(29)16-12-32-20(26-16)25-10-13-4-2-1-3-5-13/h1-9,12H,10-11H2,(H,25,26). The number of thiazole rings is 1. The van der Waals surface area contributed by atoms with Gasteiger partial charge in [0.25, 0.3) is 5.89 Å². The van der Waals surface area contributed by atoms with Gasteiger partial charge in [0.05, 0.1) is 5.56 Å². The lowest BCUT2D eigenvalue weighted by atomic mass is 10.1. The Hall–Kier alpha value is -3.73. The third kappa shape index (κ3) is 5.30. The fraction of sp³-hybridized carbons (Fsp3) is 0.143.